The van der Waals surface area contributed by atoms with E-state index in [1.54, 1.807) is 23.5 Å². The summed E-state index contributed by atoms with van der Waals surface area (Å²) in [7, 11) is -1.92. The van der Waals surface area contributed by atoms with Gasteiger partial charge in [-0.3, -0.25) is 0 Å². The number of sulfonamides is 1. The molecule has 2 aromatic rings. The lowest BCUT2D eigenvalue weighted by atomic mass is 9.88. The van der Waals surface area contributed by atoms with Crippen molar-refractivity contribution in [2.24, 2.45) is 0 Å². The van der Waals surface area contributed by atoms with Crippen LogP contribution in [-0.2, 0) is 14.8 Å². The quantitative estimate of drug-likeness (QED) is 0.813. The van der Waals surface area contributed by atoms with Gasteiger partial charge in [-0.1, -0.05) is 48.0 Å². The van der Waals surface area contributed by atoms with Crippen LogP contribution >= 0.6 is 0 Å². The van der Waals surface area contributed by atoms with Crippen molar-refractivity contribution in [2.45, 2.75) is 43.2 Å². The molecule has 0 radical (unpaired) electrons. The van der Waals surface area contributed by atoms with Gasteiger partial charge in [0.05, 0.1) is 10.4 Å². The molecule has 1 heterocycles. The zero-order chi connectivity index (χ0) is 18.1. The van der Waals surface area contributed by atoms with Crippen molar-refractivity contribution in [1.82, 2.24) is 4.31 Å². The fraction of sp³-hybridized carbons (Fsp3) is 0.400. The van der Waals surface area contributed by atoms with E-state index in [2.05, 4.69) is 0 Å². The smallest absolute Gasteiger partial charge is 0.243 e. The first-order valence-corrected chi connectivity index (χ1v) is 10.0. The second-order valence-corrected chi connectivity index (χ2v) is 8.74. The highest BCUT2D eigenvalue weighted by atomic mass is 32.2. The van der Waals surface area contributed by atoms with Gasteiger partial charge in [0.2, 0.25) is 10.0 Å². The van der Waals surface area contributed by atoms with Gasteiger partial charge < -0.3 is 4.74 Å². The van der Waals surface area contributed by atoms with Crippen LogP contribution in [0, 0.1) is 6.92 Å². The lowest BCUT2D eigenvalue weighted by Crippen LogP contribution is -2.49. The summed E-state index contributed by atoms with van der Waals surface area (Å²) in [6.45, 7) is 4.46. The third-order valence-electron chi connectivity index (χ3n) is 5.13. The van der Waals surface area contributed by atoms with Gasteiger partial charge in [0.1, 0.15) is 6.10 Å². The average molecular weight is 359 g/mol. The average Bonchev–Trinajstić information content (AvgIpc) is 3.00. The number of nitrogens with zero attached hydrogens (tertiary/aromatic N) is 1. The van der Waals surface area contributed by atoms with Gasteiger partial charge in [0.25, 0.3) is 0 Å². The molecule has 0 saturated carbocycles. The summed E-state index contributed by atoms with van der Waals surface area (Å²) in [5.74, 6) is 0. The maximum Gasteiger partial charge on any atom is 0.243 e. The van der Waals surface area contributed by atoms with Crippen LogP contribution in [0.1, 0.15) is 37.0 Å². The maximum atomic E-state index is 13.3. The highest BCUT2D eigenvalue weighted by molar-refractivity contribution is 7.89. The summed E-state index contributed by atoms with van der Waals surface area (Å²) in [6, 6.07) is 16.9. The van der Waals surface area contributed by atoms with Crippen molar-refractivity contribution in [1.29, 1.82) is 0 Å². The normalized spacial score (nSPS) is 22.8. The van der Waals surface area contributed by atoms with E-state index in [4.69, 9.17) is 4.74 Å². The molecule has 0 aliphatic carbocycles. The second-order valence-electron chi connectivity index (χ2n) is 6.88. The topological polar surface area (TPSA) is 46.6 Å². The highest BCUT2D eigenvalue weighted by Crippen LogP contribution is 2.44. The first-order chi connectivity index (χ1) is 11.9. The van der Waals surface area contributed by atoms with Crippen molar-refractivity contribution < 1.29 is 13.2 Å². The third-order valence-corrected chi connectivity index (χ3v) is 7.17. The van der Waals surface area contributed by atoms with E-state index in [1.165, 1.54) is 0 Å². The first kappa shape index (κ1) is 18.1. The Morgan fingerprint density at radius 3 is 2.32 bits per heavy atom. The van der Waals surface area contributed by atoms with Crippen LogP contribution in [0.25, 0.3) is 0 Å². The number of hydrogen-bond acceptors (Lipinski definition) is 3. The van der Waals surface area contributed by atoms with E-state index in [0.717, 1.165) is 24.0 Å². The molecule has 0 N–H and O–H groups in total. The summed E-state index contributed by atoms with van der Waals surface area (Å²) in [5.41, 5.74) is 1.43. The standard InChI is InChI=1S/C20H25NO3S/c1-16-10-12-18(13-11-16)25(22,23)21-15-7-14-20(21,2)19(24-3)17-8-5-4-6-9-17/h4-6,8-13,19H,7,14-15H2,1-3H3. The van der Waals surface area contributed by atoms with E-state index in [-0.39, 0.29) is 6.10 Å². The molecule has 2 unspecified atom stereocenters. The Labute approximate surface area is 150 Å². The molecule has 1 saturated heterocycles. The van der Waals surface area contributed by atoms with Crippen LogP contribution in [0.3, 0.4) is 0 Å². The van der Waals surface area contributed by atoms with Gasteiger partial charge >= 0.3 is 0 Å². The maximum absolute atomic E-state index is 13.3. The molecular weight excluding hydrogens is 334 g/mol. The van der Waals surface area contributed by atoms with Crippen molar-refractivity contribution in [3.8, 4) is 0 Å². The molecule has 4 nitrogen and oxygen atoms in total. The lowest BCUT2D eigenvalue weighted by Gasteiger charge is -2.40. The predicted molar refractivity (Wildman–Crippen MR) is 98.9 cm³/mol. The SMILES string of the molecule is COC(c1ccccc1)C1(C)CCCN1S(=O)(=O)c1ccc(C)cc1. The largest absolute Gasteiger partial charge is 0.375 e. The minimum absolute atomic E-state index is 0.309. The number of ether oxygens (including phenoxy) is 1. The van der Waals surface area contributed by atoms with Gasteiger partial charge in [-0.15, -0.1) is 0 Å². The van der Waals surface area contributed by atoms with Crippen LogP contribution in [0.4, 0.5) is 0 Å². The van der Waals surface area contributed by atoms with Crippen molar-refractivity contribution in [2.75, 3.05) is 13.7 Å². The summed E-state index contributed by atoms with van der Waals surface area (Å²) < 4.78 is 34.0. The predicted octanol–water partition coefficient (Wildman–Crippen LogP) is 3.93. The molecule has 2 aromatic carbocycles. The Morgan fingerprint density at radius 1 is 1.08 bits per heavy atom. The Balaban J connectivity index is 2.02. The summed E-state index contributed by atoms with van der Waals surface area (Å²) in [6.07, 6.45) is 1.29. The van der Waals surface area contributed by atoms with Crippen LogP contribution in [0.2, 0.25) is 0 Å². The molecule has 0 spiro atoms. The molecule has 1 aliphatic heterocycles. The molecular formula is C20H25NO3S. The van der Waals surface area contributed by atoms with E-state index >= 15 is 0 Å². The fourth-order valence-corrected chi connectivity index (χ4v) is 5.67. The zero-order valence-electron chi connectivity index (χ0n) is 15.0. The van der Waals surface area contributed by atoms with Crippen LogP contribution in [0.5, 0.6) is 0 Å². The van der Waals surface area contributed by atoms with Gasteiger partial charge in [-0.2, -0.15) is 4.31 Å². The monoisotopic (exact) mass is 359 g/mol. The molecule has 134 valence electrons. The Kier molecular flexibility index (Phi) is 5.00. The summed E-state index contributed by atoms with van der Waals surface area (Å²) in [4.78, 5) is 0.342. The van der Waals surface area contributed by atoms with E-state index in [9.17, 15) is 8.42 Å². The van der Waals surface area contributed by atoms with Crippen LogP contribution in [-0.4, -0.2) is 31.9 Å². The molecule has 0 amide bonds. The second kappa shape index (κ2) is 6.90. The third kappa shape index (κ3) is 3.24. The van der Waals surface area contributed by atoms with Gasteiger partial charge in [0, 0.05) is 13.7 Å². The number of methoxy groups -OCH3 is 1. The van der Waals surface area contributed by atoms with Gasteiger partial charge in [-0.25, -0.2) is 8.42 Å². The van der Waals surface area contributed by atoms with Gasteiger partial charge in [-0.05, 0) is 44.4 Å². The number of hydrogen-bond donors (Lipinski definition) is 0. The number of rotatable bonds is 5. The molecule has 1 fully saturated rings. The fourth-order valence-electron chi connectivity index (χ4n) is 3.83. The van der Waals surface area contributed by atoms with Gasteiger partial charge in [0.15, 0.2) is 0 Å². The molecule has 3 rings (SSSR count). The van der Waals surface area contributed by atoms with Crippen LogP contribution in [0.15, 0.2) is 59.5 Å². The molecule has 2 atom stereocenters. The summed E-state index contributed by atoms with van der Waals surface area (Å²) >= 11 is 0. The van der Waals surface area contributed by atoms with E-state index in [0.29, 0.717) is 11.4 Å². The number of aryl methyl sites for hydroxylation is 1. The molecule has 25 heavy (non-hydrogen) atoms. The molecule has 1 aliphatic rings. The first-order valence-electron chi connectivity index (χ1n) is 8.57. The minimum atomic E-state index is -3.57. The number of benzene rings is 2. The Hall–Kier alpha value is -1.69. The Morgan fingerprint density at radius 2 is 1.72 bits per heavy atom. The van der Waals surface area contributed by atoms with Crippen molar-refractivity contribution in [3.63, 3.8) is 0 Å². The molecule has 0 bridgehead atoms. The van der Waals surface area contributed by atoms with E-state index < -0.39 is 15.6 Å². The van der Waals surface area contributed by atoms with Crippen molar-refractivity contribution >= 4 is 10.0 Å². The van der Waals surface area contributed by atoms with Crippen LogP contribution < -0.4 is 0 Å². The van der Waals surface area contributed by atoms with Crippen molar-refractivity contribution in [3.05, 3.63) is 65.7 Å². The Bertz CT molecular complexity index is 818. The minimum Gasteiger partial charge on any atom is -0.375 e. The zero-order valence-corrected chi connectivity index (χ0v) is 15.8. The molecule has 0 aromatic heterocycles. The lowest BCUT2D eigenvalue weighted by molar-refractivity contribution is 0.00198. The van der Waals surface area contributed by atoms with E-state index in [1.807, 2.05) is 56.3 Å². The summed E-state index contributed by atoms with van der Waals surface area (Å²) in [5, 5.41) is 0. The highest BCUT2D eigenvalue weighted by Gasteiger charge is 2.50. The molecule has 5 heteroatoms.